The lowest BCUT2D eigenvalue weighted by Crippen LogP contribution is -2.39. The molecule has 25 heavy (non-hydrogen) atoms. The largest absolute Gasteiger partial charge is 0.421 e. The van der Waals surface area contributed by atoms with Crippen molar-refractivity contribution in [2.75, 3.05) is 0 Å². The van der Waals surface area contributed by atoms with Gasteiger partial charge in [0.1, 0.15) is 11.6 Å². The van der Waals surface area contributed by atoms with E-state index in [0.717, 1.165) is 12.1 Å². The van der Waals surface area contributed by atoms with Crippen LogP contribution in [0, 0.1) is 11.6 Å². The molecule has 3 aromatic rings. The number of carbonyl (C=O) groups excluding carboxylic acids is 1. The van der Waals surface area contributed by atoms with Gasteiger partial charge in [-0.1, -0.05) is 6.92 Å². The number of hydrogen-bond acceptors (Lipinski definition) is 4. The van der Waals surface area contributed by atoms with Crippen LogP contribution in [0.5, 0.6) is 0 Å². The van der Waals surface area contributed by atoms with Gasteiger partial charge in [0.05, 0.1) is 12.1 Å². The maximum Gasteiger partial charge on any atom is 0.421 e. The Labute approximate surface area is 141 Å². The second-order valence-electron chi connectivity index (χ2n) is 5.51. The fourth-order valence-electron chi connectivity index (χ4n) is 2.50. The van der Waals surface area contributed by atoms with E-state index < -0.39 is 29.3 Å². The normalized spacial score (nSPS) is 12.3. The number of hydrogen-bond donors (Lipinski definition) is 1. The van der Waals surface area contributed by atoms with Crippen LogP contribution >= 0.6 is 0 Å². The summed E-state index contributed by atoms with van der Waals surface area (Å²) in [4.78, 5) is 28.3. The van der Waals surface area contributed by atoms with E-state index in [4.69, 9.17) is 4.42 Å². The zero-order valence-corrected chi connectivity index (χ0v) is 13.3. The number of oxazole rings is 1. The van der Waals surface area contributed by atoms with Gasteiger partial charge >= 0.3 is 5.76 Å². The molecule has 0 spiro atoms. The Morgan fingerprint density at radius 3 is 2.88 bits per heavy atom. The number of rotatable bonds is 5. The molecule has 0 aliphatic rings. The van der Waals surface area contributed by atoms with Crippen LogP contribution in [0.3, 0.4) is 0 Å². The van der Waals surface area contributed by atoms with E-state index in [0.29, 0.717) is 23.7 Å². The minimum atomic E-state index is -0.944. The zero-order valence-electron chi connectivity index (χ0n) is 13.3. The fraction of sp³-hybridized carbons (Fsp3) is 0.235. The Hall–Kier alpha value is -3.03. The van der Waals surface area contributed by atoms with Gasteiger partial charge in [-0.3, -0.25) is 9.36 Å². The molecular weight excluding hydrogens is 332 g/mol. The minimum absolute atomic E-state index is 0.119. The predicted octanol–water partition coefficient (Wildman–Crippen LogP) is 2.48. The quantitative estimate of drug-likeness (QED) is 0.769. The van der Waals surface area contributed by atoms with Gasteiger partial charge in [-0.05, 0) is 30.7 Å². The van der Waals surface area contributed by atoms with Crippen LogP contribution in [-0.4, -0.2) is 21.5 Å². The Morgan fingerprint density at radius 2 is 2.16 bits per heavy atom. The zero-order chi connectivity index (χ0) is 18.0. The summed E-state index contributed by atoms with van der Waals surface area (Å²) >= 11 is 0. The first kappa shape index (κ1) is 16.8. The molecular formula is C17H15F2N3O3. The van der Waals surface area contributed by atoms with Gasteiger partial charge in [-0.15, -0.1) is 0 Å². The van der Waals surface area contributed by atoms with E-state index in [1.165, 1.54) is 10.8 Å². The number of aromatic nitrogens is 2. The molecule has 1 N–H and O–H groups in total. The molecule has 0 aliphatic heterocycles. The number of nitrogens with zero attached hydrogens (tertiary/aromatic N) is 2. The Balaban J connectivity index is 1.82. The van der Waals surface area contributed by atoms with Crippen LogP contribution < -0.4 is 11.1 Å². The van der Waals surface area contributed by atoms with Crippen molar-refractivity contribution in [3.63, 3.8) is 0 Å². The van der Waals surface area contributed by atoms with Crippen LogP contribution in [-0.2, 0) is 6.54 Å². The monoisotopic (exact) mass is 347 g/mol. The van der Waals surface area contributed by atoms with Crippen LogP contribution in [0.25, 0.3) is 11.2 Å². The van der Waals surface area contributed by atoms with E-state index in [1.54, 1.807) is 12.1 Å². The van der Waals surface area contributed by atoms with Crippen molar-refractivity contribution in [2.24, 2.45) is 0 Å². The molecule has 2 heterocycles. The van der Waals surface area contributed by atoms with Crippen molar-refractivity contribution in [2.45, 2.75) is 25.9 Å². The molecule has 0 saturated heterocycles. The van der Waals surface area contributed by atoms with Gasteiger partial charge in [-0.2, -0.15) is 0 Å². The molecule has 1 amide bonds. The van der Waals surface area contributed by atoms with Gasteiger partial charge in [-0.25, -0.2) is 18.6 Å². The molecule has 0 radical (unpaired) electrons. The highest BCUT2D eigenvalue weighted by Gasteiger charge is 2.19. The SMILES string of the molecule is CC[C@H](Cn1c(=O)oc2cccnc21)NC(=O)c1ccc(F)cc1F. The first-order valence-electron chi connectivity index (χ1n) is 7.70. The van der Waals surface area contributed by atoms with E-state index in [2.05, 4.69) is 10.3 Å². The van der Waals surface area contributed by atoms with Crippen molar-refractivity contribution < 1.29 is 18.0 Å². The third kappa shape index (κ3) is 3.42. The first-order valence-corrected chi connectivity index (χ1v) is 7.70. The lowest BCUT2D eigenvalue weighted by Gasteiger charge is -2.17. The molecule has 0 bridgehead atoms. The molecule has 1 atom stereocenters. The van der Waals surface area contributed by atoms with E-state index in [-0.39, 0.29) is 12.1 Å². The Bertz CT molecular complexity index is 981. The molecule has 0 aliphatic carbocycles. The molecule has 0 saturated carbocycles. The van der Waals surface area contributed by atoms with Gasteiger partial charge in [0.15, 0.2) is 11.2 Å². The standard InChI is InChI=1S/C17H15F2N3O3/c1-2-11(21-16(23)12-6-5-10(18)8-13(12)19)9-22-15-14(25-17(22)24)4-3-7-20-15/h3-8,11H,2,9H2,1H3,(H,21,23)/t11-/m1/s1. The summed E-state index contributed by atoms with van der Waals surface area (Å²) in [6.45, 7) is 1.93. The number of pyridine rings is 1. The van der Waals surface area contributed by atoms with E-state index in [9.17, 15) is 18.4 Å². The smallest absolute Gasteiger partial charge is 0.406 e. The molecule has 0 fully saturated rings. The molecule has 130 valence electrons. The van der Waals surface area contributed by atoms with Crippen LogP contribution in [0.1, 0.15) is 23.7 Å². The number of halogens is 2. The van der Waals surface area contributed by atoms with Crippen LogP contribution in [0.15, 0.2) is 45.7 Å². The molecule has 0 unspecified atom stereocenters. The Morgan fingerprint density at radius 1 is 1.36 bits per heavy atom. The van der Waals surface area contributed by atoms with E-state index >= 15 is 0 Å². The maximum atomic E-state index is 13.7. The lowest BCUT2D eigenvalue weighted by molar-refractivity contribution is 0.0927. The van der Waals surface area contributed by atoms with E-state index in [1.807, 2.05) is 6.92 Å². The second-order valence-corrected chi connectivity index (χ2v) is 5.51. The summed E-state index contributed by atoms with van der Waals surface area (Å²) < 4.78 is 33.1. The van der Waals surface area contributed by atoms with Gasteiger partial charge < -0.3 is 9.73 Å². The molecule has 3 rings (SSSR count). The summed E-state index contributed by atoms with van der Waals surface area (Å²) in [6.07, 6.45) is 2.02. The van der Waals surface area contributed by atoms with Crippen LogP contribution in [0.4, 0.5) is 8.78 Å². The van der Waals surface area contributed by atoms with Gasteiger partial charge in [0.25, 0.3) is 5.91 Å². The summed E-state index contributed by atoms with van der Waals surface area (Å²) in [5, 5.41) is 2.64. The summed E-state index contributed by atoms with van der Waals surface area (Å²) in [7, 11) is 0. The first-order chi connectivity index (χ1) is 12.0. The predicted molar refractivity (Wildman–Crippen MR) is 86.2 cm³/mol. The number of nitrogens with one attached hydrogen (secondary N) is 1. The highest BCUT2D eigenvalue weighted by molar-refractivity contribution is 5.94. The van der Waals surface area contributed by atoms with Crippen molar-refractivity contribution >= 4 is 17.1 Å². The number of amides is 1. The molecule has 1 aromatic carbocycles. The molecule has 6 nitrogen and oxygen atoms in total. The summed E-state index contributed by atoms with van der Waals surface area (Å²) in [5.74, 6) is -2.98. The van der Waals surface area contributed by atoms with Gasteiger partial charge in [0, 0.05) is 18.3 Å². The van der Waals surface area contributed by atoms with Crippen molar-refractivity contribution in [3.8, 4) is 0 Å². The highest BCUT2D eigenvalue weighted by atomic mass is 19.1. The van der Waals surface area contributed by atoms with Crippen molar-refractivity contribution in [1.29, 1.82) is 0 Å². The van der Waals surface area contributed by atoms with Crippen molar-refractivity contribution in [1.82, 2.24) is 14.9 Å². The molecule has 8 heteroatoms. The Kier molecular flexibility index (Phi) is 4.60. The average molecular weight is 347 g/mol. The summed E-state index contributed by atoms with van der Waals surface area (Å²) in [5.41, 5.74) is 0.453. The lowest BCUT2D eigenvalue weighted by atomic mass is 10.1. The number of carbonyl (C=O) groups is 1. The third-order valence-corrected chi connectivity index (χ3v) is 3.83. The average Bonchev–Trinajstić information content (AvgIpc) is 2.89. The topological polar surface area (TPSA) is 77.1 Å². The fourth-order valence-corrected chi connectivity index (χ4v) is 2.50. The van der Waals surface area contributed by atoms with Crippen LogP contribution in [0.2, 0.25) is 0 Å². The van der Waals surface area contributed by atoms with Gasteiger partial charge in [0.2, 0.25) is 0 Å². The summed E-state index contributed by atoms with van der Waals surface area (Å²) in [6, 6.07) is 5.54. The second kappa shape index (κ2) is 6.84. The number of benzene rings is 1. The number of fused-ring (bicyclic) bond motifs is 1. The highest BCUT2D eigenvalue weighted by Crippen LogP contribution is 2.12. The van der Waals surface area contributed by atoms with Crippen molar-refractivity contribution in [3.05, 3.63) is 64.3 Å². The molecule has 2 aromatic heterocycles. The third-order valence-electron chi connectivity index (χ3n) is 3.83. The maximum absolute atomic E-state index is 13.7. The minimum Gasteiger partial charge on any atom is -0.406 e.